The maximum Gasteiger partial charge on any atom is 0.338 e. The van der Waals surface area contributed by atoms with Crippen molar-refractivity contribution in [3.63, 3.8) is 0 Å². The molecule has 0 heterocycles. The molecule has 0 unspecified atom stereocenters. The smallest absolute Gasteiger partial charge is 0.338 e. The van der Waals surface area contributed by atoms with E-state index in [4.69, 9.17) is 14.3 Å². The zero-order valence-electron chi connectivity index (χ0n) is 24.4. The second-order valence-corrected chi connectivity index (χ2v) is 9.80. The largest absolute Gasteiger partial charge is 0.478 e. The summed E-state index contributed by atoms with van der Waals surface area (Å²) in [5.74, 6) is -4.66. The quantitative estimate of drug-likeness (QED) is 0.0843. The summed E-state index contributed by atoms with van der Waals surface area (Å²) in [6.07, 6.45) is 0. The van der Waals surface area contributed by atoms with E-state index >= 15 is 0 Å². The number of nitrogens with one attached hydrogen (secondary N) is 2. The highest BCUT2D eigenvalue weighted by Crippen LogP contribution is 2.17. The SMILES string of the molecule is O=C(OCc1ccccc1)c1ccc(C(=O)O)c(CONCCNC(=O)c2cc(C(=O)OCc3ccccc3)ccc2C(=O)O)c1. The van der Waals surface area contributed by atoms with E-state index in [0.29, 0.717) is 0 Å². The molecule has 0 aliphatic heterocycles. The van der Waals surface area contributed by atoms with Gasteiger partial charge in [-0.05, 0) is 53.1 Å². The third kappa shape index (κ3) is 9.32. The average Bonchev–Trinajstić information content (AvgIpc) is 3.07. The van der Waals surface area contributed by atoms with Crippen molar-refractivity contribution < 1.29 is 48.5 Å². The average molecular weight is 627 g/mol. The van der Waals surface area contributed by atoms with Crippen molar-refractivity contribution >= 4 is 29.8 Å². The molecule has 12 nitrogen and oxygen atoms in total. The molecule has 1 amide bonds. The molecule has 12 heteroatoms. The Kier molecular flexibility index (Phi) is 11.7. The van der Waals surface area contributed by atoms with E-state index in [-0.39, 0.29) is 66.3 Å². The number of hydrogen-bond donors (Lipinski definition) is 4. The van der Waals surface area contributed by atoms with E-state index in [1.54, 1.807) is 36.4 Å². The van der Waals surface area contributed by atoms with E-state index in [0.717, 1.165) is 23.3 Å². The fourth-order valence-electron chi connectivity index (χ4n) is 4.23. The number of carbonyl (C=O) groups excluding carboxylic acids is 3. The topological polar surface area (TPSA) is 178 Å². The van der Waals surface area contributed by atoms with Crippen LogP contribution in [0, 0.1) is 0 Å². The zero-order chi connectivity index (χ0) is 32.9. The van der Waals surface area contributed by atoms with Crippen molar-refractivity contribution in [3.05, 3.63) is 142 Å². The summed E-state index contributed by atoms with van der Waals surface area (Å²) < 4.78 is 10.6. The monoisotopic (exact) mass is 626 g/mol. The second kappa shape index (κ2) is 16.3. The van der Waals surface area contributed by atoms with Crippen molar-refractivity contribution in [1.82, 2.24) is 10.8 Å². The van der Waals surface area contributed by atoms with Crippen molar-refractivity contribution in [3.8, 4) is 0 Å². The summed E-state index contributed by atoms with van der Waals surface area (Å²) in [6.45, 7) is -0.141. The van der Waals surface area contributed by atoms with Gasteiger partial charge in [-0.15, -0.1) is 0 Å². The van der Waals surface area contributed by atoms with Crippen LogP contribution in [0.3, 0.4) is 0 Å². The highest BCUT2D eigenvalue weighted by atomic mass is 16.6. The van der Waals surface area contributed by atoms with E-state index in [9.17, 15) is 34.2 Å². The van der Waals surface area contributed by atoms with E-state index in [1.165, 1.54) is 24.3 Å². The number of carbonyl (C=O) groups is 5. The lowest BCUT2D eigenvalue weighted by atomic mass is 10.0. The van der Waals surface area contributed by atoms with Crippen LogP contribution in [0.5, 0.6) is 0 Å². The van der Waals surface area contributed by atoms with Gasteiger partial charge < -0.3 is 25.0 Å². The Bertz CT molecular complexity index is 1710. The Hall–Kier alpha value is -5.85. The molecule has 4 N–H and O–H groups in total. The Morgan fingerprint density at radius 3 is 1.63 bits per heavy atom. The first kappa shape index (κ1) is 33.1. The lowest BCUT2D eigenvalue weighted by Crippen LogP contribution is -2.33. The Balaban J connectivity index is 1.29. The zero-order valence-corrected chi connectivity index (χ0v) is 24.4. The number of rotatable bonds is 15. The first-order valence-electron chi connectivity index (χ1n) is 14.0. The lowest BCUT2D eigenvalue weighted by molar-refractivity contribution is 0.0276. The maximum atomic E-state index is 12.8. The number of ether oxygens (including phenoxy) is 2. The number of hydrogen-bond acceptors (Lipinski definition) is 9. The third-order valence-corrected chi connectivity index (χ3v) is 6.57. The molecule has 0 radical (unpaired) electrons. The van der Waals surface area contributed by atoms with Gasteiger partial charge in [0.1, 0.15) is 13.2 Å². The van der Waals surface area contributed by atoms with Crippen molar-refractivity contribution in [1.29, 1.82) is 0 Å². The molecule has 4 aromatic rings. The number of aromatic carboxylic acids is 2. The first-order chi connectivity index (χ1) is 22.2. The molecule has 4 aromatic carbocycles. The summed E-state index contributed by atoms with van der Waals surface area (Å²) in [5, 5.41) is 21.6. The molecule has 0 spiro atoms. The van der Waals surface area contributed by atoms with Crippen LogP contribution < -0.4 is 10.8 Å². The lowest BCUT2D eigenvalue weighted by Gasteiger charge is -2.12. The molecule has 0 saturated heterocycles. The Labute approximate surface area is 263 Å². The highest BCUT2D eigenvalue weighted by Gasteiger charge is 2.20. The van der Waals surface area contributed by atoms with Crippen LogP contribution in [0.4, 0.5) is 0 Å². The Morgan fingerprint density at radius 2 is 1.09 bits per heavy atom. The molecule has 0 bridgehead atoms. The van der Waals surface area contributed by atoms with Gasteiger partial charge in [0.05, 0.1) is 34.4 Å². The van der Waals surface area contributed by atoms with Gasteiger partial charge in [0, 0.05) is 13.1 Å². The van der Waals surface area contributed by atoms with Crippen molar-refractivity contribution in [2.24, 2.45) is 0 Å². The fourth-order valence-corrected chi connectivity index (χ4v) is 4.23. The van der Waals surface area contributed by atoms with Crippen LogP contribution in [-0.2, 0) is 34.1 Å². The van der Waals surface area contributed by atoms with Crippen LogP contribution >= 0.6 is 0 Å². The van der Waals surface area contributed by atoms with Gasteiger partial charge in [-0.2, -0.15) is 0 Å². The standard InChI is InChI=1S/C34H30N2O10/c37-30(29-18-25(12-14-28(29)32(40)41)34(43)45-20-23-9-5-2-6-10-23)35-15-16-36-46-21-26-17-24(11-13-27(26)31(38)39)33(42)44-19-22-7-3-1-4-8-22/h1-14,17-18,36H,15-16,19-21H2,(H,35,37)(H,38,39)(H,40,41). The minimum atomic E-state index is -1.35. The molecular formula is C34H30N2O10. The summed E-state index contributed by atoms with van der Waals surface area (Å²) in [4.78, 5) is 66.7. The van der Waals surface area contributed by atoms with E-state index in [2.05, 4.69) is 10.8 Å². The van der Waals surface area contributed by atoms with E-state index < -0.39 is 29.8 Å². The number of amides is 1. The minimum Gasteiger partial charge on any atom is -0.478 e. The van der Waals surface area contributed by atoms with Gasteiger partial charge in [0.25, 0.3) is 5.91 Å². The van der Waals surface area contributed by atoms with Gasteiger partial charge >= 0.3 is 23.9 Å². The number of benzene rings is 4. The number of carboxylic acid groups (broad SMARTS) is 2. The van der Waals surface area contributed by atoms with Gasteiger partial charge in [-0.25, -0.2) is 24.7 Å². The maximum absolute atomic E-state index is 12.8. The van der Waals surface area contributed by atoms with Crippen molar-refractivity contribution in [2.75, 3.05) is 13.1 Å². The van der Waals surface area contributed by atoms with Gasteiger partial charge in [-0.1, -0.05) is 60.7 Å². The molecule has 46 heavy (non-hydrogen) atoms. The molecule has 4 rings (SSSR count). The predicted molar refractivity (Wildman–Crippen MR) is 163 cm³/mol. The first-order valence-corrected chi connectivity index (χ1v) is 14.0. The van der Waals surface area contributed by atoms with Gasteiger partial charge in [-0.3, -0.25) is 9.63 Å². The van der Waals surface area contributed by atoms with Crippen LogP contribution in [-0.4, -0.2) is 53.1 Å². The molecule has 0 atom stereocenters. The molecule has 0 aliphatic rings. The summed E-state index contributed by atoms with van der Waals surface area (Å²) >= 11 is 0. The second-order valence-electron chi connectivity index (χ2n) is 9.80. The molecule has 0 fully saturated rings. The minimum absolute atomic E-state index is 0.00412. The molecular weight excluding hydrogens is 596 g/mol. The molecule has 0 aliphatic carbocycles. The molecule has 0 aromatic heterocycles. The van der Waals surface area contributed by atoms with Crippen molar-refractivity contribution in [2.45, 2.75) is 19.8 Å². The number of hydroxylamine groups is 1. The van der Waals surface area contributed by atoms with Crippen LogP contribution in [0.1, 0.15) is 68.5 Å². The molecule has 0 saturated carbocycles. The summed E-state index contributed by atoms with van der Waals surface area (Å²) in [6, 6.07) is 25.6. The Morgan fingerprint density at radius 1 is 0.565 bits per heavy atom. The predicted octanol–water partition coefficient (Wildman–Crippen LogP) is 4.25. The fraction of sp³-hybridized carbons (Fsp3) is 0.147. The third-order valence-electron chi connectivity index (χ3n) is 6.57. The van der Waals surface area contributed by atoms with Crippen LogP contribution in [0.15, 0.2) is 97.1 Å². The summed E-state index contributed by atoms with van der Waals surface area (Å²) in [5.41, 5.74) is 3.90. The highest BCUT2D eigenvalue weighted by molar-refractivity contribution is 6.06. The summed E-state index contributed by atoms with van der Waals surface area (Å²) in [7, 11) is 0. The van der Waals surface area contributed by atoms with Crippen LogP contribution in [0.25, 0.3) is 0 Å². The van der Waals surface area contributed by atoms with E-state index in [1.807, 2.05) is 24.3 Å². The number of carboxylic acids is 2. The van der Waals surface area contributed by atoms with Gasteiger partial charge in [0.2, 0.25) is 0 Å². The van der Waals surface area contributed by atoms with Crippen LogP contribution in [0.2, 0.25) is 0 Å². The van der Waals surface area contributed by atoms with Gasteiger partial charge in [0.15, 0.2) is 0 Å². The number of esters is 2. The molecule has 236 valence electrons. The normalized spacial score (nSPS) is 10.5.